The van der Waals surface area contributed by atoms with Gasteiger partial charge in [-0.1, -0.05) is 31.0 Å². The van der Waals surface area contributed by atoms with Gasteiger partial charge in [-0.3, -0.25) is 14.2 Å². The van der Waals surface area contributed by atoms with E-state index in [-0.39, 0.29) is 23.0 Å². The monoisotopic (exact) mass is 460 g/mol. The van der Waals surface area contributed by atoms with Gasteiger partial charge in [-0.25, -0.2) is 0 Å². The molecule has 0 bridgehead atoms. The van der Waals surface area contributed by atoms with Crippen LogP contribution in [-0.4, -0.2) is 56.5 Å². The molecular weight excluding hydrogens is 428 g/mol. The molecule has 0 radical (unpaired) electrons. The fourth-order valence-corrected chi connectivity index (χ4v) is 5.66. The largest absolute Gasteiger partial charge is 0.466 e. The Hall–Kier alpha value is -2.29. The van der Waals surface area contributed by atoms with Crippen LogP contribution < -0.4 is 0 Å². The Morgan fingerprint density at radius 1 is 1.19 bits per heavy atom. The van der Waals surface area contributed by atoms with E-state index in [1.54, 1.807) is 6.26 Å². The molecule has 0 aromatic carbocycles. The highest BCUT2D eigenvalue weighted by Crippen LogP contribution is 2.37. The number of carbonyl (C=O) groups is 2. The van der Waals surface area contributed by atoms with Crippen LogP contribution in [0.25, 0.3) is 11.6 Å². The summed E-state index contributed by atoms with van der Waals surface area (Å²) in [5.41, 5.74) is 0. The molecule has 2 aromatic rings. The van der Waals surface area contributed by atoms with Crippen molar-refractivity contribution < 1.29 is 18.7 Å². The summed E-state index contributed by atoms with van der Waals surface area (Å²) in [4.78, 5) is 27.0. The summed E-state index contributed by atoms with van der Waals surface area (Å²) in [7, 11) is 0. The minimum atomic E-state index is -0.287. The van der Waals surface area contributed by atoms with Gasteiger partial charge in [0.2, 0.25) is 11.7 Å². The number of piperidine rings is 1. The molecule has 3 heterocycles. The smallest absolute Gasteiger partial charge is 0.309 e. The third-order valence-electron chi connectivity index (χ3n) is 6.40. The summed E-state index contributed by atoms with van der Waals surface area (Å²) < 4.78 is 12.9. The normalized spacial score (nSPS) is 19.1. The third kappa shape index (κ3) is 5.03. The van der Waals surface area contributed by atoms with Gasteiger partial charge in [0.15, 0.2) is 10.9 Å². The van der Waals surface area contributed by atoms with E-state index in [9.17, 15) is 9.59 Å². The van der Waals surface area contributed by atoms with Crippen LogP contribution in [0.1, 0.15) is 64.8 Å². The number of aromatic nitrogens is 3. The van der Waals surface area contributed by atoms with E-state index in [4.69, 9.17) is 9.15 Å². The molecule has 2 aromatic heterocycles. The number of rotatable bonds is 7. The van der Waals surface area contributed by atoms with E-state index in [1.165, 1.54) is 31.0 Å². The Balaban J connectivity index is 1.44. The van der Waals surface area contributed by atoms with Crippen LogP contribution in [-0.2, 0) is 14.3 Å². The van der Waals surface area contributed by atoms with Gasteiger partial charge in [-0.05, 0) is 51.7 Å². The average Bonchev–Trinajstić information content (AvgIpc) is 3.49. The molecule has 0 spiro atoms. The van der Waals surface area contributed by atoms with Gasteiger partial charge in [0.1, 0.15) is 0 Å². The van der Waals surface area contributed by atoms with Gasteiger partial charge >= 0.3 is 5.97 Å². The number of esters is 1. The quantitative estimate of drug-likeness (QED) is 0.449. The lowest BCUT2D eigenvalue weighted by molar-refractivity contribution is -0.151. The molecule has 4 rings (SSSR count). The standard InChI is InChI=1S/C23H32N4O4S/c1-3-30-22(29)17-11-13-26(14-12-17)21(28)16(2)32-23-25-24-20(19-10-7-15-31-19)27(23)18-8-5-4-6-9-18/h7,10,15-18H,3-6,8-9,11-14H2,1-2H3. The van der Waals surface area contributed by atoms with E-state index in [0.29, 0.717) is 44.3 Å². The highest BCUT2D eigenvalue weighted by molar-refractivity contribution is 8.00. The molecule has 1 unspecified atom stereocenters. The Morgan fingerprint density at radius 2 is 1.94 bits per heavy atom. The SMILES string of the molecule is CCOC(=O)C1CCN(C(=O)C(C)Sc2nnc(-c3ccco3)n2C2CCCCC2)CC1. The van der Waals surface area contributed by atoms with Crippen molar-refractivity contribution in [3.05, 3.63) is 18.4 Å². The van der Waals surface area contributed by atoms with Gasteiger partial charge in [0.25, 0.3) is 0 Å². The van der Waals surface area contributed by atoms with E-state index >= 15 is 0 Å². The summed E-state index contributed by atoms with van der Waals surface area (Å²) in [6.07, 6.45) is 8.77. The lowest BCUT2D eigenvalue weighted by Gasteiger charge is -2.32. The number of hydrogen-bond acceptors (Lipinski definition) is 7. The first-order valence-corrected chi connectivity index (χ1v) is 12.6. The molecule has 32 heavy (non-hydrogen) atoms. The first-order valence-electron chi connectivity index (χ1n) is 11.7. The molecule has 174 valence electrons. The zero-order valence-corrected chi connectivity index (χ0v) is 19.7. The van der Waals surface area contributed by atoms with Crippen LogP contribution in [0.3, 0.4) is 0 Å². The van der Waals surface area contributed by atoms with Gasteiger partial charge in [0.05, 0.1) is 24.0 Å². The number of nitrogens with zero attached hydrogens (tertiary/aromatic N) is 4. The van der Waals surface area contributed by atoms with Crippen LogP contribution in [0.2, 0.25) is 0 Å². The topological polar surface area (TPSA) is 90.5 Å². The molecule has 2 aliphatic rings. The molecule has 1 aliphatic heterocycles. The number of amides is 1. The summed E-state index contributed by atoms with van der Waals surface area (Å²) in [6, 6.07) is 4.08. The minimum Gasteiger partial charge on any atom is -0.466 e. The number of furan rings is 1. The molecule has 1 atom stereocenters. The number of carbonyl (C=O) groups excluding carboxylic acids is 2. The predicted octanol–water partition coefficient (Wildman–Crippen LogP) is 4.33. The Morgan fingerprint density at radius 3 is 2.59 bits per heavy atom. The van der Waals surface area contributed by atoms with E-state index in [1.807, 2.05) is 30.9 Å². The molecule has 0 N–H and O–H groups in total. The zero-order chi connectivity index (χ0) is 22.5. The number of ether oxygens (including phenoxy) is 1. The number of hydrogen-bond donors (Lipinski definition) is 0. The number of likely N-dealkylation sites (tertiary alicyclic amines) is 1. The first kappa shape index (κ1) is 22.9. The maximum atomic E-state index is 13.1. The van der Waals surface area contributed by atoms with Crippen LogP contribution in [0, 0.1) is 5.92 Å². The predicted molar refractivity (Wildman–Crippen MR) is 121 cm³/mol. The van der Waals surface area contributed by atoms with Crippen molar-refractivity contribution in [3.8, 4) is 11.6 Å². The lowest BCUT2D eigenvalue weighted by Crippen LogP contribution is -2.43. The van der Waals surface area contributed by atoms with Gasteiger partial charge < -0.3 is 14.1 Å². The van der Waals surface area contributed by atoms with Gasteiger partial charge in [-0.15, -0.1) is 10.2 Å². The van der Waals surface area contributed by atoms with Crippen molar-refractivity contribution in [3.63, 3.8) is 0 Å². The average molecular weight is 461 g/mol. The van der Waals surface area contributed by atoms with Gasteiger partial charge in [-0.2, -0.15) is 0 Å². The van der Waals surface area contributed by atoms with Crippen molar-refractivity contribution in [1.29, 1.82) is 0 Å². The fourth-order valence-electron chi connectivity index (χ4n) is 4.66. The highest BCUT2D eigenvalue weighted by atomic mass is 32.2. The first-order chi connectivity index (χ1) is 15.6. The molecule has 1 saturated heterocycles. The Labute approximate surface area is 193 Å². The lowest BCUT2D eigenvalue weighted by atomic mass is 9.95. The van der Waals surface area contributed by atoms with Crippen molar-refractivity contribution in [2.75, 3.05) is 19.7 Å². The summed E-state index contributed by atoms with van der Waals surface area (Å²) in [5, 5.41) is 9.36. The maximum absolute atomic E-state index is 13.1. The van der Waals surface area contributed by atoms with E-state index in [2.05, 4.69) is 14.8 Å². The van der Waals surface area contributed by atoms with Crippen molar-refractivity contribution in [1.82, 2.24) is 19.7 Å². The maximum Gasteiger partial charge on any atom is 0.309 e. The van der Waals surface area contributed by atoms with Crippen LogP contribution in [0.4, 0.5) is 0 Å². The van der Waals surface area contributed by atoms with Crippen LogP contribution in [0.5, 0.6) is 0 Å². The summed E-state index contributed by atoms with van der Waals surface area (Å²) in [6.45, 7) is 5.31. The summed E-state index contributed by atoms with van der Waals surface area (Å²) in [5.74, 6) is 1.27. The molecule has 8 nitrogen and oxygen atoms in total. The third-order valence-corrected chi connectivity index (χ3v) is 7.45. The van der Waals surface area contributed by atoms with Crippen LogP contribution >= 0.6 is 11.8 Å². The molecule has 1 amide bonds. The summed E-state index contributed by atoms with van der Waals surface area (Å²) >= 11 is 1.46. The second-order valence-corrected chi connectivity index (χ2v) is 9.86. The van der Waals surface area contributed by atoms with Crippen molar-refractivity contribution in [2.45, 2.75) is 75.2 Å². The molecule has 9 heteroatoms. The van der Waals surface area contributed by atoms with Gasteiger partial charge in [0, 0.05) is 19.1 Å². The second-order valence-electron chi connectivity index (χ2n) is 8.56. The second kappa shape index (κ2) is 10.6. The highest BCUT2D eigenvalue weighted by Gasteiger charge is 2.32. The Kier molecular flexibility index (Phi) is 7.55. The number of thioether (sulfide) groups is 1. The zero-order valence-electron chi connectivity index (χ0n) is 18.9. The van der Waals surface area contributed by atoms with E-state index in [0.717, 1.165) is 23.8 Å². The molecule has 1 aliphatic carbocycles. The molecule has 2 fully saturated rings. The van der Waals surface area contributed by atoms with E-state index < -0.39 is 0 Å². The molecule has 1 saturated carbocycles. The van der Waals surface area contributed by atoms with Crippen LogP contribution in [0.15, 0.2) is 28.0 Å². The van der Waals surface area contributed by atoms with Crippen molar-refractivity contribution >= 4 is 23.6 Å². The van der Waals surface area contributed by atoms with Crippen molar-refractivity contribution in [2.24, 2.45) is 5.92 Å². The molecular formula is C23H32N4O4S. The fraction of sp³-hybridized carbons (Fsp3) is 0.652. The Bertz CT molecular complexity index is 899. The minimum absolute atomic E-state index is 0.0788.